The molecule has 16 heavy (non-hydrogen) atoms. The van der Waals surface area contributed by atoms with Crippen molar-refractivity contribution in [3.8, 4) is 0 Å². The molecule has 0 bridgehead atoms. The van der Waals surface area contributed by atoms with E-state index in [4.69, 9.17) is 5.11 Å². The Morgan fingerprint density at radius 3 is 2.69 bits per heavy atom. The molecule has 0 spiro atoms. The van der Waals surface area contributed by atoms with Gasteiger partial charge in [0.15, 0.2) is 0 Å². The van der Waals surface area contributed by atoms with Gasteiger partial charge in [0.1, 0.15) is 12.6 Å². The fraction of sp³-hybridized carbons (Fsp3) is 0.636. The van der Waals surface area contributed by atoms with Gasteiger partial charge in [-0.2, -0.15) is 0 Å². The molecule has 5 nitrogen and oxygen atoms in total. The van der Waals surface area contributed by atoms with E-state index in [0.29, 0.717) is 6.42 Å². The van der Waals surface area contributed by atoms with Gasteiger partial charge in [0.05, 0.1) is 0 Å². The Morgan fingerprint density at radius 1 is 1.50 bits per heavy atom. The molecule has 5 heteroatoms. The summed E-state index contributed by atoms with van der Waals surface area (Å²) < 4.78 is 4.65. The first-order valence-electron chi connectivity index (χ1n) is 5.38. The van der Waals surface area contributed by atoms with Crippen LogP contribution in [0.4, 0.5) is 4.79 Å². The monoisotopic (exact) mass is 229 g/mol. The van der Waals surface area contributed by atoms with Crippen molar-refractivity contribution >= 4 is 12.1 Å². The maximum Gasteiger partial charge on any atom is 0.408 e. The number of hydrogen-bond donors (Lipinski definition) is 2. The Morgan fingerprint density at radius 2 is 2.19 bits per heavy atom. The third-order valence-electron chi connectivity index (χ3n) is 2.02. The normalized spacial score (nSPS) is 11.6. The van der Waals surface area contributed by atoms with E-state index < -0.39 is 18.1 Å². The molecule has 0 aromatic carbocycles. The number of aliphatic carboxylic acids is 1. The Hall–Kier alpha value is -1.52. The topological polar surface area (TPSA) is 75.6 Å². The number of ether oxygens (including phenoxy) is 1. The van der Waals surface area contributed by atoms with Crippen LogP contribution in [0, 0.1) is 0 Å². The molecule has 92 valence electrons. The molecule has 0 fully saturated rings. The van der Waals surface area contributed by atoms with Gasteiger partial charge in [-0.15, -0.1) is 0 Å². The fourth-order valence-corrected chi connectivity index (χ4v) is 1.17. The summed E-state index contributed by atoms with van der Waals surface area (Å²) in [6.07, 6.45) is 3.86. The van der Waals surface area contributed by atoms with Crippen LogP contribution in [-0.4, -0.2) is 29.8 Å². The number of alkyl carbamates (subject to hydrolysis) is 1. The molecule has 2 N–H and O–H groups in total. The van der Waals surface area contributed by atoms with Crippen molar-refractivity contribution in [2.75, 3.05) is 6.61 Å². The number of carboxylic acid groups (broad SMARTS) is 1. The van der Waals surface area contributed by atoms with Crippen LogP contribution >= 0.6 is 0 Å². The lowest BCUT2D eigenvalue weighted by atomic mass is 10.1. The molecule has 1 amide bonds. The largest absolute Gasteiger partial charge is 0.480 e. The molecule has 0 rings (SSSR count). The van der Waals surface area contributed by atoms with Gasteiger partial charge in [0.25, 0.3) is 0 Å². The minimum atomic E-state index is -1.04. The number of amides is 1. The second-order valence-corrected chi connectivity index (χ2v) is 3.42. The summed E-state index contributed by atoms with van der Waals surface area (Å²) in [7, 11) is 0. The first-order valence-corrected chi connectivity index (χ1v) is 5.38. The first kappa shape index (κ1) is 14.5. The van der Waals surface area contributed by atoms with E-state index in [9.17, 15) is 9.59 Å². The Kier molecular flexibility index (Phi) is 7.93. The second-order valence-electron chi connectivity index (χ2n) is 3.42. The van der Waals surface area contributed by atoms with Crippen LogP contribution in [0.25, 0.3) is 0 Å². The summed E-state index contributed by atoms with van der Waals surface area (Å²) in [6.45, 7) is 5.49. The summed E-state index contributed by atoms with van der Waals surface area (Å²) in [5, 5.41) is 11.2. The van der Waals surface area contributed by atoms with Crippen LogP contribution in [0.5, 0.6) is 0 Å². The lowest BCUT2D eigenvalue weighted by Crippen LogP contribution is -2.41. The molecule has 0 aliphatic rings. The number of nitrogens with one attached hydrogen (secondary N) is 1. The molecule has 0 aromatic heterocycles. The maximum absolute atomic E-state index is 11.1. The summed E-state index contributed by atoms with van der Waals surface area (Å²) in [6, 6.07) is -0.871. The molecule has 1 atom stereocenters. The molecule has 0 unspecified atom stereocenters. The minimum Gasteiger partial charge on any atom is -0.480 e. The third-order valence-corrected chi connectivity index (χ3v) is 2.02. The summed E-state index contributed by atoms with van der Waals surface area (Å²) in [4.78, 5) is 21.9. The zero-order chi connectivity index (χ0) is 12.4. The fourth-order valence-electron chi connectivity index (χ4n) is 1.17. The van der Waals surface area contributed by atoms with E-state index in [0.717, 1.165) is 19.3 Å². The number of unbranched alkanes of at least 4 members (excludes halogenated alkanes) is 2. The highest BCUT2D eigenvalue weighted by Crippen LogP contribution is 2.04. The second kappa shape index (κ2) is 8.76. The Labute approximate surface area is 95.5 Å². The van der Waals surface area contributed by atoms with E-state index in [1.807, 2.05) is 6.92 Å². The van der Waals surface area contributed by atoms with Crippen LogP contribution < -0.4 is 5.32 Å². The van der Waals surface area contributed by atoms with E-state index in [1.54, 1.807) is 0 Å². The Balaban J connectivity index is 3.96. The SMILES string of the molecule is C=CCOC(=O)N[C@@H](CCCCC)C(=O)O. The van der Waals surface area contributed by atoms with E-state index in [1.165, 1.54) is 6.08 Å². The zero-order valence-corrected chi connectivity index (χ0v) is 9.57. The average Bonchev–Trinajstić information content (AvgIpc) is 2.25. The zero-order valence-electron chi connectivity index (χ0n) is 9.57. The molecular formula is C11H19NO4. The standard InChI is InChI=1S/C11H19NO4/c1-3-5-6-7-9(10(13)14)12-11(15)16-8-4-2/h4,9H,2-3,5-8H2,1H3,(H,12,15)(H,13,14)/t9-/m0/s1. The molecular weight excluding hydrogens is 210 g/mol. The average molecular weight is 229 g/mol. The van der Waals surface area contributed by atoms with Crippen molar-refractivity contribution in [3.05, 3.63) is 12.7 Å². The predicted molar refractivity (Wildman–Crippen MR) is 60.2 cm³/mol. The van der Waals surface area contributed by atoms with Crippen molar-refractivity contribution in [2.45, 2.75) is 38.6 Å². The molecule has 0 heterocycles. The number of carbonyl (C=O) groups excluding carboxylic acids is 1. The third kappa shape index (κ3) is 6.86. The molecule has 0 saturated heterocycles. The highest BCUT2D eigenvalue weighted by molar-refractivity contribution is 5.79. The Bertz CT molecular complexity index is 240. The van der Waals surface area contributed by atoms with Gasteiger partial charge in [-0.05, 0) is 6.42 Å². The van der Waals surface area contributed by atoms with Gasteiger partial charge in [-0.25, -0.2) is 9.59 Å². The van der Waals surface area contributed by atoms with Crippen molar-refractivity contribution in [3.63, 3.8) is 0 Å². The van der Waals surface area contributed by atoms with Crippen LogP contribution in [-0.2, 0) is 9.53 Å². The highest BCUT2D eigenvalue weighted by atomic mass is 16.5. The van der Waals surface area contributed by atoms with Gasteiger partial charge >= 0.3 is 12.1 Å². The number of carbonyl (C=O) groups is 2. The maximum atomic E-state index is 11.1. The minimum absolute atomic E-state index is 0.0765. The summed E-state index contributed by atoms with van der Waals surface area (Å²) in [5.41, 5.74) is 0. The van der Waals surface area contributed by atoms with Gasteiger partial charge in [-0.3, -0.25) is 0 Å². The summed E-state index contributed by atoms with van der Waals surface area (Å²) >= 11 is 0. The van der Waals surface area contributed by atoms with Crippen molar-refractivity contribution in [1.82, 2.24) is 5.32 Å². The lowest BCUT2D eigenvalue weighted by Gasteiger charge is -2.13. The van der Waals surface area contributed by atoms with Crippen molar-refractivity contribution in [1.29, 1.82) is 0 Å². The van der Waals surface area contributed by atoms with Crippen molar-refractivity contribution < 1.29 is 19.4 Å². The summed E-state index contributed by atoms with van der Waals surface area (Å²) in [5.74, 6) is -1.04. The number of hydrogen-bond acceptors (Lipinski definition) is 3. The van der Waals surface area contributed by atoms with Crippen LogP contribution in [0.1, 0.15) is 32.6 Å². The van der Waals surface area contributed by atoms with Gasteiger partial charge in [-0.1, -0.05) is 38.8 Å². The van der Waals surface area contributed by atoms with Crippen molar-refractivity contribution in [2.24, 2.45) is 0 Å². The first-order chi connectivity index (χ1) is 7.61. The predicted octanol–water partition coefficient (Wildman–Crippen LogP) is 1.93. The van der Waals surface area contributed by atoms with E-state index in [2.05, 4.69) is 16.6 Å². The van der Waals surface area contributed by atoms with Crippen LogP contribution in [0.2, 0.25) is 0 Å². The number of rotatable bonds is 8. The molecule has 0 aromatic rings. The van der Waals surface area contributed by atoms with Gasteiger partial charge < -0.3 is 15.2 Å². The van der Waals surface area contributed by atoms with E-state index >= 15 is 0 Å². The molecule has 0 aliphatic heterocycles. The van der Waals surface area contributed by atoms with E-state index in [-0.39, 0.29) is 6.61 Å². The highest BCUT2D eigenvalue weighted by Gasteiger charge is 2.19. The van der Waals surface area contributed by atoms with Crippen LogP contribution in [0.15, 0.2) is 12.7 Å². The molecule has 0 saturated carbocycles. The smallest absolute Gasteiger partial charge is 0.408 e. The molecule has 0 aliphatic carbocycles. The van der Waals surface area contributed by atoms with Gasteiger partial charge in [0.2, 0.25) is 0 Å². The van der Waals surface area contributed by atoms with Crippen LogP contribution in [0.3, 0.4) is 0 Å². The van der Waals surface area contributed by atoms with Gasteiger partial charge in [0, 0.05) is 0 Å². The quantitative estimate of drug-likeness (QED) is 0.492. The number of carboxylic acids is 1. The molecule has 0 radical (unpaired) electrons. The lowest BCUT2D eigenvalue weighted by molar-refractivity contribution is -0.139.